The molecule has 1 rings (SSSR count). The van der Waals surface area contributed by atoms with Gasteiger partial charge in [0.05, 0.1) is 11.3 Å². The van der Waals surface area contributed by atoms with Crippen LogP contribution in [0.5, 0.6) is 0 Å². The molecule has 4 nitrogen and oxygen atoms in total. The van der Waals surface area contributed by atoms with Crippen LogP contribution in [0.4, 0.5) is 13.2 Å². The molecule has 0 saturated carbocycles. The van der Waals surface area contributed by atoms with Gasteiger partial charge >= 0.3 is 6.18 Å². The number of nitrogens with two attached hydrogens (primary N) is 1. The zero-order chi connectivity index (χ0) is 15.6. The molecule has 0 heterocycles. The Balaban J connectivity index is 2.99. The third-order valence-corrected chi connectivity index (χ3v) is 4.94. The molecule has 0 aliphatic carbocycles. The van der Waals surface area contributed by atoms with Gasteiger partial charge < -0.3 is 5.73 Å². The summed E-state index contributed by atoms with van der Waals surface area (Å²) < 4.78 is 62.9. The van der Waals surface area contributed by atoms with E-state index in [-0.39, 0.29) is 12.1 Å². The number of halogens is 3. The summed E-state index contributed by atoms with van der Waals surface area (Å²) in [7, 11) is -2.34. The van der Waals surface area contributed by atoms with Crippen LogP contribution >= 0.6 is 0 Å². The van der Waals surface area contributed by atoms with Crippen LogP contribution in [-0.4, -0.2) is 32.4 Å². The number of hydrogen-bond acceptors (Lipinski definition) is 3. The van der Waals surface area contributed by atoms with Gasteiger partial charge in [-0.1, -0.05) is 18.2 Å². The molecule has 0 saturated heterocycles. The average Bonchev–Trinajstić information content (AvgIpc) is 2.35. The molecule has 0 radical (unpaired) electrons. The summed E-state index contributed by atoms with van der Waals surface area (Å²) in [6.07, 6.45) is -4.49. The number of alkyl halides is 3. The summed E-state index contributed by atoms with van der Waals surface area (Å²) in [6.45, 7) is 1.77. The van der Waals surface area contributed by atoms with Crippen LogP contribution in [0.3, 0.4) is 0 Å². The maximum absolute atomic E-state index is 12.6. The number of rotatable bonds is 5. The molecule has 0 bridgehead atoms. The van der Waals surface area contributed by atoms with Gasteiger partial charge in [0, 0.05) is 19.6 Å². The Labute approximate surface area is 116 Å². The molecule has 2 N–H and O–H groups in total. The minimum Gasteiger partial charge on any atom is -0.329 e. The van der Waals surface area contributed by atoms with E-state index in [2.05, 4.69) is 0 Å². The highest BCUT2D eigenvalue weighted by molar-refractivity contribution is 7.88. The van der Waals surface area contributed by atoms with Crippen molar-refractivity contribution in [2.75, 3.05) is 13.6 Å². The second kappa shape index (κ2) is 6.11. The smallest absolute Gasteiger partial charge is 0.329 e. The lowest BCUT2D eigenvalue weighted by Gasteiger charge is -2.23. The lowest BCUT2D eigenvalue weighted by atomic mass is 10.1. The number of sulfonamides is 1. The monoisotopic (exact) mass is 310 g/mol. The standard InChI is InChI=1S/C12H17F3N2O2S/c1-9(7-16)17(2)20(18,19)8-10-4-3-5-11(6-10)12(13,14)15/h3-6,9H,7-8,16H2,1-2H3. The summed E-state index contributed by atoms with van der Waals surface area (Å²) >= 11 is 0. The van der Waals surface area contributed by atoms with Gasteiger partial charge in [0.2, 0.25) is 10.0 Å². The number of benzene rings is 1. The van der Waals surface area contributed by atoms with Crippen LogP contribution in [0.15, 0.2) is 24.3 Å². The molecule has 0 aliphatic rings. The summed E-state index contributed by atoms with van der Waals surface area (Å²) in [5.74, 6) is -0.488. The second-order valence-electron chi connectivity index (χ2n) is 4.56. The van der Waals surface area contributed by atoms with Gasteiger partial charge in [-0.15, -0.1) is 0 Å². The van der Waals surface area contributed by atoms with Gasteiger partial charge in [-0.3, -0.25) is 0 Å². The normalized spacial score (nSPS) is 14.6. The average molecular weight is 310 g/mol. The van der Waals surface area contributed by atoms with Gasteiger partial charge in [-0.05, 0) is 18.6 Å². The molecule has 114 valence electrons. The molecule has 1 aromatic rings. The molecular formula is C12H17F3N2O2S. The van der Waals surface area contributed by atoms with Crippen molar-refractivity contribution >= 4 is 10.0 Å². The summed E-state index contributed by atoms with van der Waals surface area (Å²) in [5.41, 5.74) is 4.62. The molecule has 20 heavy (non-hydrogen) atoms. The zero-order valence-corrected chi connectivity index (χ0v) is 12.0. The second-order valence-corrected chi connectivity index (χ2v) is 6.58. The van der Waals surface area contributed by atoms with Crippen molar-refractivity contribution in [1.82, 2.24) is 4.31 Å². The van der Waals surface area contributed by atoms with Crippen LogP contribution < -0.4 is 5.73 Å². The fourth-order valence-electron chi connectivity index (χ4n) is 1.57. The molecule has 0 amide bonds. The minimum atomic E-state index is -4.49. The van der Waals surface area contributed by atoms with E-state index in [1.807, 2.05) is 0 Å². The van der Waals surface area contributed by atoms with Crippen LogP contribution in [0.2, 0.25) is 0 Å². The predicted molar refractivity (Wildman–Crippen MR) is 70.3 cm³/mol. The Kier molecular flexibility index (Phi) is 5.17. The van der Waals surface area contributed by atoms with E-state index in [0.717, 1.165) is 16.4 Å². The number of hydrogen-bond donors (Lipinski definition) is 1. The molecule has 1 aromatic carbocycles. The lowest BCUT2D eigenvalue weighted by Crippen LogP contribution is -2.40. The van der Waals surface area contributed by atoms with E-state index in [0.29, 0.717) is 0 Å². The topological polar surface area (TPSA) is 63.4 Å². The number of nitrogens with zero attached hydrogens (tertiary/aromatic N) is 1. The lowest BCUT2D eigenvalue weighted by molar-refractivity contribution is -0.137. The van der Waals surface area contributed by atoms with E-state index in [1.165, 1.54) is 19.2 Å². The van der Waals surface area contributed by atoms with Crippen LogP contribution in [0, 0.1) is 0 Å². The molecule has 0 fully saturated rings. The molecule has 1 atom stereocenters. The minimum absolute atomic E-state index is 0.0934. The molecule has 0 aliphatic heterocycles. The third-order valence-electron chi connectivity index (χ3n) is 3.00. The molecule has 1 unspecified atom stereocenters. The Morgan fingerprint density at radius 3 is 2.45 bits per heavy atom. The van der Waals surface area contributed by atoms with E-state index in [4.69, 9.17) is 5.73 Å². The van der Waals surface area contributed by atoms with Crippen molar-refractivity contribution in [3.05, 3.63) is 35.4 Å². The van der Waals surface area contributed by atoms with Crippen LogP contribution in [0.1, 0.15) is 18.1 Å². The van der Waals surface area contributed by atoms with E-state index in [1.54, 1.807) is 6.92 Å². The molecule has 0 aromatic heterocycles. The fraction of sp³-hybridized carbons (Fsp3) is 0.500. The summed E-state index contributed by atoms with van der Waals surface area (Å²) in [4.78, 5) is 0. The van der Waals surface area contributed by atoms with Gasteiger partial charge in [0.25, 0.3) is 0 Å². The van der Waals surface area contributed by atoms with Gasteiger partial charge in [0.15, 0.2) is 0 Å². The first-order chi connectivity index (χ1) is 9.08. The number of likely N-dealkylation sites (N-methyl/N-ethyl adjacent to an activating group) is 1. The Bertz CT molecular complexity index is 558. The van der Waals surface area contributed by atoms with Crippen molar-refractivity contribution in [1.29, 1.82) is 0 Å². The highest BCUT2D eigenvalue weighted by Crippen LogP contribution is 2.30. The van der Waals surface area contributed by atoms with Gasteiger partial charge in [-0.2, -0.15) is 13.2 Å². The van der Waals surface area contributed by atoms with Crippen molar-refractivity contribution in [3.8, 4) is 0 Å². The maximum atomic E-state index is 12.6. The first kappa shape index (κ1) is 16.9. The molecule has 8 heteroatoms. The largest absolute Gasteiger partial charge is 0.416 e. The Morgan fingerprint density at radius 2 is 1.95 bits per heavy atom. The van der Waals surface area contributed by atoms with Crippen molar-refractivity contribution in [2.24, 2.45) is 5.73 Å². The van der Waals surface area contributed by atoms with Crippen LogP contribution in [-0.2, 0) is 22.0 Å². The molecular weight excluding hydrogens is 293 g/mol. The van der Waals surface area contributed by atoms with E-state index in [9.17, 15) is 21.6 Å². The first-order valence-corrected chi connectivity index (χ1v) is 7.50. The maximum Gasteiger partial charge on any atom is 0.416 e. The predicted octanol–water partition coefficient (Wildman–Crippen LogP) is 1.81. The quantitative estimate of drug-likeness (QED) is 0.902. The first-order valence-electron chi connectivity index (χ1n) is 5.90. The Morgan fingerprint density at radius 1 is 1.35 bits per heavy atom. The highest BCUT2D eigenvalue weighted by atomic mass is 32.2. The van der Waals surface area contributed by atoms with E-state index >= 15 is 0 Å². The fourth-order valence-corrected chi connectivity index (χ4v) is 3.01. The Hall–Kier alpha value is -1.12. The van der Waals surface area contributed by atoms with Crippen LogP contribution in [0.25, 0.3) is 0 Å². The van der Waals surface area contributed by atoms with Crippen molar-refractivity contribution in [3.63, 3.8) is 0 Å². The van der Waals surface area contributed by atoms with Gasteiger partial charge in [-0.25, -0.2) is 12.7 Å². The summed E-state index contributed by atoms with van der Waals surface area (Å²) in [5, 5.41) is 0. The SMILES string of the molecule is CC(CN)N(C)S(=O)(=O)Cc1cccc(C(F)(F)F)c1. The third kappa shape index (κ3) is 4.19. The highest BCUT2D eigenvalue weighted by Gasteiger charge is 2.31. The van der Waals surface area contributed by atoms with E-state index < -0.39 is 33.6 Å². The zero-order valence-electron chi connectivity index (χ0n) is 11.2. The van der Waals surface area contributed by atoms with Crippen molar-refractivity contribution < 1.29 is 21.6 Å². The van der Waals surface area contributed by atoms with Gasteiger partial charge in [0.1, 0.15) is 0 Å². The summed E-state index contributed by atoms with van der Waals surface area (Å²) in [6, 6.07) is 3.89. The van der Waals surface area contributed by atoms with Crippen molar-refractivity contribution in [2.45, 2.75) is 24.9 Å². The molecule has 0 spiro atoms.